The van der Waals surface area contributed by atoms with E-state index in [1.54, 1.807) is 0 Å². The topological polar surface area (TPSA) is 39.2 Å². The predicted molar refractivity (Wildman–Crippen MR) is 55.0 cm³/mol. The zero-order valence-electron chi connectivity index (χ0n) is 8.52. The van der Waals surface area contributed by atoms with Crippen molar-refractivity contribution in [2.45, 2.75) is 18.9 Å². The number of esters is 1. The van der Waals surface area contributed by atoms with Crippen molar-refractivity contribution in [3.63, 3.8) is 0 Å². The van der Waals surface area contributed by atoms with Crippen LogP contribution in [-0.4, -0.2) is 17.1 Å². The lowest BCUT2D eigenvalue weighted by Crippen LogP contribution is -2.18. The van der Waals surface area contributed by atoms with Gasteiger partial charge in [0.2, 0.25) is 0 Å². The Morgan fingerprint density at radius 3 is 2.94 bits per heavy atom. The van der Waals surface area contributed by atoms with Crippen molar-refractivity contribution in [2.75, 3.05) is 0 Å². The summed E-state index contributed by atoms with van der Waals surface area (Å²) in [6.45, 7) is 0. The molecule has 3 nitrogen and oxygen atoms in total. The van der Waals surface area contributed by atoms with Crippen LogP contribution in [0.2, 0.25) is 0 Å². The van der Waals surface area contributed by atoms with E-state index in [0.29, 0.717) is 0 Å². The first-order valence-electron chi connectivity index (χ1n) is 4.98. The van der Waals surface area contributed by atoms with Gasteiger partial charge in [-0.2, -0.15) is 0 Å². The summed E-state index contributed by atoms with van der Waals surface area (Å²) in [5.74, 6) is 1.49. The Kier molecular flexibility index (Phi) is 2.86. The van der Waals surface area contributed by atoms with E-state index in [0.717, 1.165) is 25.1 Å². The summed E-state index contributed by atoms with van der Waals surface area (Å²) < 4.78 is 17.9. The lowest BCUT2D eigenvalue weighted by molar-refractivity contribution is 0.0373. The van der Waals surface area contributed by atoms with E-state index in [1.165, 1.54) is 6.20 Å². The standard InChI is InChI=1S/C12H10FNO2/c1-2-11(8-3-4-8)16-12(15)9-5-10(13)7-14-6-9/h1,5-8,11H,3-4H2/t11-/m0/s1. The molecule has 0 aliphatic heterocycles. The molecule has 0 bridgehead atoms. The minimum Gasteiger partial charge on any atom is -0.445 e. The lowest BCUT2D eigenvalue weighted by atomic mass is 10.2. The molecule has 1 heterocycles. The first kappa shape index (κ1) is 10.6. The van der Waals surface area contributed by atoms with Crippen LogP contribution in [0.4, 0.5) is 4.39 Å². The number of hydrogen-bond donors (Lipinski definition) is 0. The van der Waals surface area contributed by atoms with Crippen LogP contribution in [0.15, 0.2) is 18.5 Å². The molecule has 1 fully saturated rings. The van der Waals surface area contributed by atoms with Gasteiger partial charge >= 0.3 is 5.97 Å². The van der Waals surface area contributed by atoms with Crippen LogP contribution < -0.4 is 0 Å². The van der Waals surface area contributed by atoms with Crippen LogP contribution in [0.1, 0.15) is 23.2 Å². The van der Waals surface area contributed by atoms with Crippen LogP contribution in [-0.2, 0) is 4.74 Å². The average molecular weight is 219 g/mol. The predicted octanol–water partition coefficient (Wildman–Crippen LogP) is 1.79. The maximum Gasteiger partial charge on any atom is 0.341 e. The van der Waals surface area contributed by atoms with Gasteiger partial charge in [0, 0.05) is 12.1 Å². The van der Waals surface area contributed by atoms with Gasteiger partial charge in [0.1, 0.15) is 5.82 Å². The highest BCUT2D eigenvalue weighted by molar-refractivity contribution is 5.89. The Hall–Kier alpha value is -1.89. The zero-order chi connectivity index (χ0) is 11.5. The van der Waals surface area contributed by atoms with E-state index in [4.69, 9.17) is 11.2 Å². The maximum absolute atomic E-state index is 12.8. The van der Waals surface area contributed by atoms with Gasteiger partial charge in [0.25, 0.3) is 0 Å². The van der Waals surface area contributed by atoms with Gasteiger partial charge in [-0.25, -0.2) is 9.18 Å². The molecule has 0 saturated heterocycles. The molecule has 0 N–H and O–H groups in total. The summed E-state index contributed by atoms with van der Waals surface area (Å²) in [6, 6.07) is 1.08. The fraction of sp³-hybridized carbons (Fsp3) is 0.333. The number of ether oxygens (including phenoxy) is 1. The SMILES string of the molecule is C#C[C@H](OC(=O)c1cncc(F)c1)C1CC1. The van der Waals surface area contributed by atoms with Crippen molar-refractivity contribution in [3.8, 4) is 12.3 Å². The molecule has 1 aliphatic carbocycles. The molecule has 1 aromatic rings. The van der Waals surface area contributed by atoms with E-state index in [-0.39, 0.29) is 11.5 Å². The summed E-state index contributed by atoms with van der Waals surface area (Å²) in [4.78, 5) is 15.1. The summed E-state index contributed by atoms with van der Waals surface area (Å²) in [5, 5.41) is 0. The van der Waals surface area contributed by atoms with Crippen molar-refractivity contribution in [1.29, 1.82) is 0 Å². The molecule has 0 radical (unpaired) electrons. The zero-order valence-corrected chi connectivity index (χ0v) is 8.52. The number of aromatic nitrogens is 1. The van der Waals surface area contributed by atoms with Gasteiger partial charge in [-0.1, -0.05) is 5.92 Å². The Morgan fingerprint density at radius 2 is 2.38 bits per heavy atom. The third-order valence-electron chi connectivity index (χ3n) is 2.39. The van der Waals surface area contributed by atoms with Crippen LogP contribution in [0.3, 0.4) is 0 Å². The molecule has 1 atom stereocenters. The smallest absolute Gasteiger partial charge is 0.341 e. The summed E-state index contributed by atoms with van der Waals surface area (Å²) >= 11 is 0. The Bertz CT molecular complexity index is 449. The molecular weight excluding hydrogens is 209 g/mol. The van der Waals surface area contributed by atoms with Crippen molar-refractivity contribution in [2.24, 2.45) is 5.92 Å². The summed E-state index contributed by atoms with van der Waals surface area (Å²) in [6.07, 6.45) is 8.98. The first-order valence-corrected chi connectivity index (χ1v) is 4.98. The van der Waals surface area contributed by atoms with E-state index < -0.39 is 17.9 Å². The number of carbonyl (C=O) groups excluding carboxylic acids is 1. The number of hydrogen-bond acceptors (Lipinski definition) is 3. The van der Waals surface area contributed by atoms with E-state index >= 15 is 0 Å². The molecule has 82 valence electrons. The van der Waals surface area contributed by atoms with E-state index in [9.17, 15) is 9.18 Å². The third kappa shape index (κ3) is 2.37. The van der Waals surface area contributed by atoms with Crippen LogP contribution >= 0.6 is 0 Å². The molecule has 1 saturated carbocycles. The number of rotatable bonds is 3. The number of halogens is 1. The van der Waals surface area contributed by atoms with E-state index in [2.05, 4.69) is 10.9 Å². The Morgan fingerprint density at radius 1 is 1.62 bits per heavy atom. The minimum atomic E-state index is -0.623. The van der Waals surface area contributed by atoms with Crippen molar-refractivity contribution in [1.82, 2.24) is 4.98 Å². The van der Waals surface area contributed by atoms with Crippen LogP contribution in [0.5, 0.6) is 0 Å². The molecule has 0 spiro atoms. The quantitative estimate of drug-likeness (QED) is 0.574. The third-order valence-corrected chi connectivity index (χ3v) is 2.39. The van der Waals surface area contributed by atoms with Gasteiger partial charge in [-0.15, -0.1) is 6.42 Å². The van der Waals surface area contributed by atoms with Crippen LogP contribution in [0.25, 0.3) is 0 Å². The lowest BCUT2D eigenvalue weighted by Gasteiger charge is -2.10. The fourth-order valence-corrected chi connectivity index (χ4v) is 1.37. The number of nitrogens with zero attached hydrogens (tertiary/aromatic N) is 1. The summed E-state index contributed by atoms with van der Waals surface area (Å²) in [5.41, 5.74) is 0.0842. The molecule has 1 aliphatic rings. The number of terminal acetylenes is 1. The molecule has 2 rings (SSSR count). The Labute approximate surface area is 92.6 Å². The fourth-order valence-electron chi connectivity index (χ4n) is 1.37. The molecule has 4 heteroatoms. The average Bonchev–Trinajstić information content (AvgIpc) is 3.09. The maximum atomic E-state index is 12.8. The molecule has 0 amide bonds. The molecule has 0 unspecified atom stereocenters. The van der Waals surface area contributed by atoms with Gasteiger partial charge in [-0.3, -0.25) is 4.98 Å². The largest absolute Gasteiger partial charge is 0.445 e. The highest BCUT2D eigenvalue weighted by Gasteiger charge is 2.33. The Balaban J connectivity index is 2.05. The monoisotopic (exact) mass is 219 g/mol. The second kappa shape index (κ2) is 4.31. The normalized spacial score (nSPS) is 16.2. The van der Waals surface area contributed by atoms with Crippen molar-refractivity contribution in [3.05, 3.63) is 29.8 Å². The second-order valence-electron chi connectivity index (χ2n) is 3.72. The highest BCUT2D eigenvalue weighted by atomic mass is 19.1. The van der Waals surface area contributed by atoms with Gasteiger partial charge in [-0.05, 0) is 18.9 Å². The first-order chi connectivity index (χ1) is 7.70. The van der Waals surface area contributed by atoms with Gasteiger partial charge in [0.05, 0.1) is 11.8 Å². The minimum absolute atomic E-state index is 0.0842. The molecule has 1 aromatic heterocycles. The highest BCUT2D eigenvalue weighted by Crippen LogP contribution is 2.34. The molecular formula is C12H10FNO2. The number of pyridine rings is 1. The van der Waals surface area contributed by atoms with Crippen molar-refractivity contribution < 1.29 is 13.9 Å². The van der Waals surface area contributed by atoms with Gasteiger partial charge < -0.3 is 4.74 Å². The van der Waals surface area contributed by atoms with Gasteiger partial charge in [0.15, 0.2) is 6.10 Å². The molecule has 0 aromatic carbocycles. The summed E-state index contributed by atoms with van der Waals surface area (Å²) in [7, 11) is 0. The number of carbonyl (C=O) groups is 1. The van der Waals surface area contributed by atoms with E-state index in [1.807, 2.05) is 0 Å². The second-order valence-corrected chi connectivity index (χ2v) is 3.72. The van der Waals surface area contributed by atoms with Crippen molar-refractivity contribution >= 4 is 5.97 Å². The van der Waals surface area contributed by atoms with Crippen LogP contribution in [0, 0.1) is 24.1 Å². The molecule has 16 heavy (non-hydrogen) atoms.